The van der Waals surface area contributed by atoms with Gasteiger partial charge in [0.25, 0.3) is 5.91 Å². The van der Waals surface area contributed by atoms with Gasteiger partial charge in [0.15, 0.2) is 0 Å². The Morgan fingerprint density at radius 3 is 2.79 bits per heavy atom. The maximum absolute atomic E-state index is 12.6. The van der Waals surface area contributed by atoms with Crippen molar-refractivity contribution in [3.8, 4) is 0 Å². The van der Waals surface area contributed by atoms with E-state index in [1.807, 2.05) is 45.1 Å². The average molecular weight is 383 g/mol. The Labute approximate surface area is 164 Å². The summed E-state index contributed by atoms with van der Waals surface area (Å²) in [7, 11) is 0. The van der Waals surface area contributed by atoms with Crippen molar-refractivity contribution in [2.75, 3.05) is 18.4 Å². The summed E-state index contributed by atoms with van der Waals surface area (Å²) in [6, 6.07) is 3.74. The van der Waals surface area contributed by atoms with Crippen LogP contribution >= 0.6 is 0 Å². The molecule has 0 aliphatic heterocycles. The summed E-state index contributed by atoms with van der Waals surface area (Å²) < 4.78 is 11.1. The van der Waals surface area contributed by atoms with Gasteiger partial charge in [0.1, 0.15) is 23.9 Å². The normalized spacial score (nSPS) is 13.5. The highest BCUT2D eigenvalue weighted by Gasteiger charge is 2.18. The SMILES string of the molecule is Cc1ccc(NCCNC(=O)C2=C(OCc3c(C)noc3C)CCC=C2)nn1. The van der Waals surface area contributed by atoms with Crippen molar-refractivity contribution < 1.29 is 14.1 Å². The number of carbonyl (C=O) groups is 1. The van der Waals surface area contributed by atoms with Crippen LogP contribution in [0.15, 0.2) is 40.1 Å². The molecule has 1 aliphatic rings. The lowest BCUT2D eigenvalue weighted by molar-refractivity contribution is -0.117. The average Bonchev–Trinajstić information content (AvgIpc) is 3.02. The van der Waals surface area contributed by atoms with Crippen molar-refractivity contribution in [1.29, 1.82) is 0 Å². The third-order valence-corrected chi connectivity index (χ3v) is 4.45. The lowest BCUT2D eigenvalue weighted by Gasteiger charge is -2.17. The molecule has 8 nitrogen and oxygen atoms in total. The van der Waals surface area contributed by atoms with Crippen LogP contribution in [-0.2, 0) is 16.1 Å². The van der Waals surface area contributed by atoms with Gasteiger partial charge in [0.05, 0.1) is 22.5 Å². The Kier molecular flexibility index (Phi) is 6.41. The molecule has 0 saturated carbocycles. The zero-order valence-corrected chi connectivity index (χ0v) is 16.4. The predicted molar refractivity (Wildman–Crippen MR) is 104 cm³/mol. The number of anilines is 1. The lowest BCUT2D eigenvalue weighted by atomic mass is 10.0. The van der Waals surface area contributed by atoms with E-state index >= 15 is 0 Å². The Morgan fingerprint density at radius 1 is 1.21 bits per heavy atom. The highest BCUT2D eigenvalue weighted by molar-refractivity contribution is 5.96. The molecule has 3 rings (SSSR count). The Morgan fingerprint density at radius 2 is 2.07 bits per heavy atom. The van der Waals surface area contributed by atoms with Gasteiger partial charge in [-0.25, -0.2) is 0 Å². The minimum absolute atomic E-state index is 0.151. The van der Waals surface area contributed by atoms with Gasteiger partial charge in [-0.05, 0) is 39.3 Å². The number of carbonyl (C=O) groups excluding carboxylic acids is 1. The van der Waals surface area contributed by atoms with Crippen molar-refractivity contribution in [2.45, 2.75) is 40.2 Å². The van der Waals surface area contributed by atoms with Gasteiger partial charge >= 0.3 is 0 Å². The Balaban J connectivity index is 1.53. The second kappa shape index (κ2) is 9.16. The van der Waals surface area contributed by atoms with Crippen LogP contribution in [0.1, 0.15) is 35.6 Å². The van der Waals surface area contributed by atoms with Crippen molar-refractivity contribution in [2.24, 2.45) is 0 Å². The Hall–Kier alpha value is -3.16. The first-order valence-electron chi connectivity index (χ1n) is 9.31. The quantitative estimate of drug-likeness (QED) is 0.676. The molecule has 0 fully saturated rings. The highest BCUT2D eigenvalue weighted by Crippen LogP contribution is 2.23. The second-order valence-electron chi connectivity index (χ2n) is 6.61. The van der Waals surface area contributed by atoms with E-state index in [9.17, 15) is 4.79 Å². The van der Waals surface area contributed by atoms with Crippen LogP contribution < -0.4 is 10.6 Å². The summed E-state index contributed by atoms with van der Waals surface area (Å²) in [4.78, 5) is 12.6. The second-order valence-corrected chi connectivity index (χ2v) is 6.61. The summed E-state index contributed by atoms with van der Waals surface area (Å²) in [6.45, 7) is 6.97. The number of aromatic nitrogens is 3. The predicted octanol–water partition coefficient (Wildman–Crippen LogP) is 2.74. The van der Waals surface area contributed by atoms with Crippen LogP contribution in [0.4, 0.5) is 5.82 Å². The van der Waals surface area contributed by atoms with Crippen molar-refractivity contribution in [3.63, 3.8) is 0 Å². The van der Waals surface area contributed by atoms with Crippen LogP contribution in [0.5, 0.6) is 0 Å². The highest BCUT2D eigenvalue weighted by atomic mass is 16.5. The van der Waals surface area contributed by atoms with Gasteiger partial charge < -0.3 is 19.9 Å². The molecule has 1 amide bonds. The maximum atomic E-state index is 12.6. The number of hydrogen-bond donors (Lipinski definition) is 2. The van der Waals surface area contributed by atoms with Gasteiger partial charge in [-0.1, -0.05) is 17.3 Å². The molecule has 0 spiro atoms. The van der Waals surface area contributed by atoms with E-state index < -0.39 is 0 Å². The van der Waals surface area contributed by atoms with Gasteiger partial charge in [0.2, 0.25) is 0 Å². The van der Waals surface area contributed by atoms with Crippen molar-refractivity contribution in [3.05, 3.63) is 58.3 Å². The molecule has 8 heteroatoms. The maximum Gasteiger partial charge on any atom is 0.254 e. The minimum Gasteiger partial charge on any atom is -0.492 e. The molecule has 0 unspecified atom stereocenters. The summed E-state index contributed by atoms with van der Waals surface area (Å²) in [5.41, 5.74) is 3.15. The molecule has 0 bridgehead atoms. The topological polar surface area (TPSA) is 102 Å². The molecule has 28 heavy (non-hydrogen) atoms. The van der Waals surface area contributed by atoms with E-state index in [4.69, 9.17) is 9.26 Å². The molecule has 0 radical (unpaired) electrons. The molecule has 1 aliphatic carbocycles. The number of nitrogens with zero attached hydrogens (tertiary/aromatic N) is 3. The fourth-order valence-corrected chi connectivity index (χ4v) is 2.82. The fraction of sp³-hybridized carbons (Fsp3) is 0.400. The number of rotatable bonds is 8. The van der Waals surface area contributed by atoms with Gasteiger partial charge in [-0.3, -0.25) is 4.79 Å². The molecule has 2 N–H and O–H groups in total. The molecule has 148 valence electrons. The van der Waals surface area contributed by atoms with E-state index in [1.165, 1.54) is 0 Å². The van der Waals surface area contributed by atoms with Crippen LogP contribution in [0.2, 0.25) is 0 Å². The zero-order chi connectivity index (χ0) is 19.9. The largest absolute Gasteiger partial charge is 0.492 e. The van der Waals surface area contributed by atoms with E-state index in [0.29, 0.717) is 43.3 Å². The van der Waals surface area contributed by atoms with Crippen molar-refractivity contribution >= 4 is 11.7 Å². The van der Waals surface area contributed by atoms with E-state index in [-0.39, 0.29) is 5.91 Å². The summed E-state index contributed by atoms with van der Waals surface area (Å²) in [5, 5.41) is 18.0. The third kappa shape index (κ3) is 4.97. The molecular formula is C20H25N5O3. The first kappa shape index (κ1) is 19.6. The van der Waals surface area contributed by atoms with E-state index in [0.717, 1.165) is 29.1 Å². The summed E-state index contributed by atoms with van der Waals surface area (Å²) >= 11 is 0. The molecule has 0 aromatic carbocycles. The van der Waals surface area contributed by atoms with E-state index in [1.54, 1.807) is 0 Å². The number of allylic oxidation sites excluding steroid dienone is 2. The number of amides is 1. The van der Waals surface area contributed by atoms with Gasteiger partial charge in [-0.2, -0.15) is 5.10 Å². The minimum atomic E-state index is -0.151. The fourth-order valence-electron chi connectivity index (χ4n) is 2.82. The summed E-state index contributed by atoms with van der Waals surface area (Å²) in [5.74, 6) is 1.96. The number of aryl methyl sites for hydroxylation is 3. The van der Waals surface area contributed by atoms with Gasteiger partial charge in [-0.15, -0.1) is 5.10 Å². The van der Waals surface area contributed by atoms with E-state index in [2.05, 4.69) is 26.0 Å². The molecule has 0 atom stereocenters. The molecule has 2 aromatic rings. The Bertz CT molecular complexity index is 864. The number of hydrogen-bond acceptors (Lipinski definition) is 7. The first-order chi connectivity index (χ1) is 13.5. The smallest absolute Gasteiger partial charge is 0.254 e. The first-order valence-corrected chi connectivity index (χ1v) is 9.31. The zero-order valence-electron chi connectivity index (χ0n) is 16.4. The molecular weight excluding hydrogens is 358 g/mol. The molecule has 2 aromatic heterocycles. The van der Waals surface area contributed by atoms with Crippen LogP contribution in [0, 0.1) is 20.8 Å². The summed E-state index contributed by atoms with van der Waals surface area (Å²) in [6.07, 6.45) is 5.35. The lowest BCUT2D eigenvalue weighted by Crippen LogP contribution is -2.30. The van der Waals surface area contributed by atoms with Crippen LogP contribution in [0.25, 0.3) is 0 Å². The molecule has 0 saturated heterocycles. The standard InChI is InChI=1S/C20H25N5O3/c1-13-8-9-19(24-23-13)21-10-11-22-20(26)16-6-4-5-7-18(16)27-12-17-14(2)25-28-15(17)3/h4,6,8-9H,5,7,10-12H2,1-3H3,(H,21,24)(H,22,26). The number of ether oxygens (including phenoxy) is 1. The van der Waals surface area contributed by atoms with Crippen molar-refractivity contribution in [1.82, 2.24) is 20.7 Å². The third-order valence-electron chi connectivity index (χ3n) is 4.45. The van der Waals surface area contributed by atoms with Gasteiger partial charge in [0, 0.05) is 19.5 Å². The monoisotopic (exact) mass is 383 g/mol. The molecule has 2 heterocycles. The van der Waals surface area contributed by atoms with Crippen LogP contribution in [0.3, 0.4) is 0 Å². The van der Waals surface area contributed by atoms with Crippen LogP contribution in [-0.4, -0.2) is 34.4 Å². The number of nitrogens with one attached hydrogen (secondary N) is 2.